The molecule has 0 radical (unpaired) electrons. The molecule has 0 aromatic carbocycles. The summed E-state index contributed by atoms with van der Waals surface area (Å²) in [5.41, 5.74) is 0. The second-order valence-electron chi connectivity index (χ2n) is 6.20. The Bertz CT molecular complexity index is 392. The molecule has 0 bridgehead atoms. The quantitative estimate of drug-likeness (QED) is 0.459. The molecule has 0 spiro atoms. The molecule has 0 saturated heterocycles. The molecular weight excluding hydrogens is 284 g/mol. The van der Waals surface area contributed by atoms with Gasteiger partial charge in [-0.2, -0.15) is 0 Å². The Morgan fingerprint density at radius 3 is 2.52 bits per heavy atom. The Balaban J connectivity index is 2.16. The Hall–Kier alpha value is -1.51. The number of urea groups is 1. The third-order valence-electron chi connectivity index (χ3n) is 4.31. The number of allylic oxidation sites excluding steroid dienone is 6. The van der Waals surface area contributed by atoms with Crippen LogP contribution in [0.5, 0.6) is 0 Å². The van der Waals surface area contributed by atoms with Crippen molar-refractivity contribution in [1.82, 2.24) is 10.2 Å². The fraction of sp³-hybridized carbons (Fsp3) is 0.650. The average molecular weight is 319 g/mol. The van der Waals surface area contributed by atoms with Gasteiger partial charge in [0.1, 0.15) is 0 Å². The van der Waals surface area contributed by atoms with E-state index in [1.807, 2.05) is 30.1 Å². The van der Waals surface area contributed by atoms with Crippen LogP contribution < -0.4 is 5.32 Å². The van der Waals surface area contributed by atoms with Gasteiger partial charge in [-0.05, 0) is 46.0 Å². The van der Waals surface area contributed by atoms with Crippen LogP contribution in [0.15, 0.2) is 36.5 Å². The average Bonchev–Trinajstić information content (AvgIpc) is 2.57. The third kappa shape index (κ3) is 9.27. The van der Waals surface area contributed by atoms with Crippen LogP contribution in [0.2, 0.25) is 0 Å². The molecule has 1 saturated carbocycles. The number of nitrogens with zero attached hydrogens (tertiary/aromatic N) is 1. The van der Waals surface area contributed by atoms with Gasteiger partial charge < -0.3 is 10.2 Å². The van der Waals surface area contributed by atoms with Crippen molar-refractivity contribution in [2.75, 3.05) is 13.1 Å². The first-order valence-electron chi connectivity index (χ1n) is 9.27. The fourth-order valence-electron chi connectivity index (χ4n) is 2.90. The predicted molar refractivity (Wildman–Crippen MR) is 99.6 cm³/mol. The zero-order valence-electron chi connectivity index (χ0n) is 15.0. The lowest BCUT2D eigenvalue weighted by molar-refractivity contribution is 0.191. The summed E-state index contributed by atoms with van der Waals surface area (Å²) in [5.74, 6) is 0. The topological polar surface area (TPSA) is 32.3 Å². The highest BCUT2D eigenvalue weighted by Gasteiger charge is 2.18. The predicted octanol–water partition coefficient (Wildman–Crippen LogP) is 5.21. The van der Waals surface area contributed by atoms with Gasteiger partial charge in [0.15, 0.2) is 0 Å². The summed E-state index contributed by atoms with van der Waals surface area (Å²) in [4.78, 5) is 14.2. The monoisotopic (exact) mass is 318 g/mol. The number of amides is 2. The number of nitrogens with one attached hydrogen (secondary N) is 1. The minimum atomic E-state index is 0.129. The molecular formula is C20H34N2O. The van der Waals surface area contributed by atoms with Crippen LogP contribution in [-0.4, -0.2) is 30.1 Å². The number of unbranched alkanes of at least 4 members (excludes halogenated alkanes) is 2. The molecule has 1 aliphatic rings. The number of hydrogen-bond donors (Lipinski definition) is 1. The summed E-state index contributed by atoms with van der Waals surface area (Å²) in [6.45, 7) is 5.72. The Kier molecular flexibility index (Phi) is 11.0. The van der Waals surface area contributed by atoms with Crippen molar-refractivity contribution in [2.24, 2.45) is 0 Å². The molecule has 23 heavy (non-hydrogen) atoms. The van der Waals surface area contributed by atoms with E-state index in [0.29, 0.717) is 6.04 Å². The van der Waals surface area contributed by atoms with Crippen LogP contribution in [0, 0.1) is 0 Å². The number of hydrogen-bond acceptors (Lipinski definition) is 1. The first-order valence-corrected chi connectivity index (χ1v) is 9.27. The smallest absolute Gasteiger partial charge is 0.317 e. The first-order chi connectivity index (χ1) is 11.3. The maximum absolute atomic E-state index is 12.3. The molecule has 1 N–H and O–H groups in total. The maximum Gasteiger partial charge on any atom is 0.317 e. The van der Waals surface area contributed by atoms with Crippen molar-refractivity contribution in [3.63, 3.8) is 0 Å². The molecule has 2 amide bonds. The number of rotatable bonds is 9. The number of carbonyl (C=O) groups is 1. The van der Waals surface area contributed by atoms with E-state index >= 15 is 0 Å². The van der Waals surface area contributed by atoms with E-state index in [1.54, 1.807) is 0 Å². The van der Waals surface area contributed by atoms with Crippen molar-refractivity contribution in [3.8, 4) is 0 Å². The van der Waals surface area contributed by atoms with Crippen molar-refractivity contribution in [2.45, 2.75) is 71.3 Å². The second-order valence-corrected chi connectivity index (χ2v) is 6.20. The van der Waals surface area contributed by atoms with Crippen LogP contribution >= 0.6 is 0 Å². The molecule has 0 unspecified atom stereocenters. The van der Waals surface area contributed by atoms with Gasteiger partial charge in [0.25, 0.3) is 0 Å². The van der Waals surface area contributed by atoms with E-state index in [1.165, 1.54) is 19.3 Å². The Labute approximate surface area is 142 Å². The van der Waals surface area contributed by atoms with Crippen molar-refractivity contribution in [3.05, 3.63) is 36.5 Å². The standard InChI is InChI=1S/C20H34N2O/c1-3-5-6-7-8-9-10-11-15-18-22(4-2)20(23)21-19-16-13-12-14-17-19/h3,5-9,19H,4,10-18H2,1-2H3,(H,21,23)/b5-3+,7-6+,9-8+. The van der Waals surface area contributed by atoms with Crippen molar-refractivity contribution < 1.29 is 4.79 Å². The highest BCUT2D eigenvalue weighted by molar-refractivity contribution is 5.74. The lowest BCUT2D eigenvalue weighted by atomic mass is 9.96. The minimum absolute atomic E-state index is 0.129. The van der Waals surface area contributed by atoms with Gasteiger partial charge in [0.2, 0.25) is 0 Å². The van der Waals surface area contributed by atoms with E-state index in [0.717, 1.165) is 45.2 Å². The molecule has 130 valence electrons. The van der Waals surface area contributed by atoms with Crippen LogP contribution in [0.3, 0.4) is 0 Å². The second kappa shape index (κ2) is 13.0. The molecule has 1 aliphatic carbocycles. The van der Waals surface area contributed by atoms with E-state index in [4.69, 9.17) is 0 Å². The molecule has 0 atom stereocenters. The van der Waals surface area contributed by atoms with Crippen molar-refractivity contribution >= 4 is 6.03 Å². The lowest BCUT2D eigenvalue weighted by Crippen LogP contribution is -2.45. The summed E-state index contributed by atoms with van der Waals surface area (Å²) in [7, 11) is 0. The first kappa shape index (κ1) is 19.5. The Morgan fingerprint density at radius 1 is 1.09 bits per heavy atom. The van der Waals surface area contributed by atoms with Crippen LogP contribution in [0.25, 0.3) is 0 Å². The molecule has 0 aromatic heterocycles. The zero-order valence-corrected chi connectivity index (χ0v) is 15.0. The normalized spacial score (nSPS) is 16.6. The summed E-state index contributed by atoms with van der Waals surface area (Å²) in [6, 6.07) is 0.529. The highest BCUT2D eigenvalue weighted by Crippen LogP contribution is 2.17. The van der Waals surface area contributed by atoms with Crippen LogP contribution in [0.4, 0.5) is 4.79 Å². The SMILES string of the molecule is C/C=C/C=C/C=C/CCCCN(CC)C(=O)NC1CCCCC1. The van der Waals surface area contributed by atoms with E-state index < -0.39 is 0 Å². The highest BCUT2D eigenvalue weighted by atomic mass is 16.2. The van der Waals surface area contributed by atoms with Crippen molar-refractivity contribution in [1.29, 1.82) is 0 Å². The van der Waals surface area contributed by atoms with Gasteiger partial charge in [0.05, 0.1) is 0 Å². The van der Waals surface area contributed by atoms with Gasteiger partial charge >= 0.3 is 6.03 Å². The summed E-state index contributed by atoms with van der Waals surface area (Å²) >= 11 is 0. The van der Waals surface area contributed by atoms with Gasteiger partial charge in [-0.25, -0.2) is 4.79 Å². The summed E-state index contributed by atoms with van der Waals surface area (Å²) in [5, 5.41) is 3.21. The van der Waals surface area contributed by atoms with E-state index in [-0.39, 0.29) is 6.03 Å². The van der Waals surface area contributed by atoms with Gasteiger partial charge in [0, 0.05) is 19.1 Å². The molecule has 0 aliphatic heterocycles. The van der Waals surface area contributed by atoms with Crippen LogP contribution in [-0.2, 0) is 0 Å². The summed E-state index contributed by atoms with van der Waals surface area (Å²) < 4.78 is 0. The molecule has 1 rings (SSSR count). The maximum atomic E-state index is 12.3. The van der Waals surface area contributed by atoms with Gasteiger partial charge in [-0.3, -0.25) is 0 Å². The zero-order chi connectivity index (χ0) is 16.8. The van der Waals surface area contributed by atoms with Gasteiger partial charge in [-0.1, -0.05) is 55.7 Å². The largest absolute Gasteiger partial charge is 0.335 e. The molecule has 0 aromatic rings. The molecule has 1 fully saturated rings. The molecule has 3 heteroatoms. The fourth-order valence-corrected chi connectivity index (χ4v) is 2.90. The van der Waals surface area contributed by atoms with Gasteiger partial charge in [-0.15, -0.1) is 0 Å². The lowest BCUT2D eigenvalue weighted by Gasteiger charge is -2.27. The molecule has 3 nitrogen and oxygen atoms in total. The van der Waals surface area contributed by atoms with Crippen LogP contribution in [0.1, 0.15) is 65.2 Å². The summed E-state index contributed by atoms with van der Waals surface area (Å²) in [6.07, 6.45) is 21.8. The third-order valence-corrected chi connectivity index (χ3v) is 4.31. The Morgan fingerprint density at radius 2 is 1.83 bits per heavy atom. The van der Waals surface area contributed by atoms with E-state index in [2.05, 4.69) is 30.5 Å². The minimum Gasteiger partial charge on any atom is -0.335 e. The molecule has 0 heterocycles. The van der Waals surface area contributed by atoms with E-state index in [9.17, 15) is 4.79 Å². The number of carbonyl (C=O) groups excluding carboxylic acids is 1.